The third-order valence-corrected chi connectivity index (χ3v) is 6.24. The summed E-state index contributed by atoms with van der Waals surface area (Å²) < 4.78 is 0. The van der Waals surface area contributed by atoms with Crippen molar-refractivity contribution < 1.29 is 24.7 Å². The highest BCUT2D eigenvalue weighted by Gasteiger charge is 2.25. The monoisotopic (exact) mass is 522 g/mol. The standard InChI is InChI=1S/C28H34N4O5.CH4/c1-19(33)26(28(36)32-37)31-27(35)22-14-10-20(11-15-22)8-9-21-12-16-24(17-13-21)30-25(34)18-29-23-6-4-2-3-5-7-23;/h10-17,19,23,26,29,33,37H,2-7,18H2,1H3,(H,30,34)(H,31,35)(H,32,36);1H4/t19-,26+;/m1./s1. The zero-order valence-corrected chi connectivity index (χ0v) is 20.9. The van der Waals surface area contributed by atoms with Gasteiger partial charge in [0.2, 0.25) is 5.91 Å². The van der Waals surface area contributed by atoms with Gasteiger partial charge in [-0.1, -0.05) is 45.0 Å². The topological polar surface area (TPSA) is 140 Å². The first-order valence-electron chi connectivity index (χ1n) is 12.5. The molecule has 0 bridgehead atoms. The van der Waals surface area contributed by atoms with Crippen LogP contribution in [0.1, 0.15) is 74.4 Å². The molecule has 3 amide bonds. The molecule has 1 saturated carbocycles. The summed E-state index contributed by atoms with van der Waals surface area (Å²) in [6.45, 7) is 1.63. The molecule has 2 aromatic rings. The predicted molar refractivity (Wildman–Crippen MR) is 147 cm³/mol. The molecule has 0 unspecified atom stereocenters. The summed E-state index contributed by atoms with van der Waals surface area (Å²) in [5, 5.41) is 27.0. The van der Waals surface area contributed by atoms with Crippen molar-refractivity contribution in [3.05, 3.63) is 65.2 Å². The van der Waals surface area contributed by atoms with Gasteiger partial charge in [-0.3, -0.25) is 19.6 Å². The van der Waals surface area contributed by atoms with E-state index in [0.29, 0.717) is 23.8 Å². The largest absolute Gasteiger partial charge is 0.391 e. The highest BCUT2D eigenvalue weighted by atomic mass is 16.5. The van der Waals surface area contributed by atoms with Crippen molar-refractivity contribution in [2.24, 2.45) is 0 Å². The van der Waals surface area contributed by atoms with Crippen molar-refractivity contribution >= 4 is 23.4 Å². The number of carbonyl (C=O) groups is 3. The smallest absolute Gasteiger partial charge is 0.268 e. The van der Waals surface area contributed by atoms with Gasteiger partial charge in [-0.25, -0.2) is 5.48 Å². The molecule has 6 N–H and O–H groups in total. The maximum absolute atomic E-state index is 12.4. The van der Waals surface area contributed by atoms with Crippen LogP contribution in [0.25, 0.3) is 0 Å². The molecule has 0 aliphatic heterocycles. The molecule has 1 fully saturated rings. The summed E-state index contributed by atoms with van der Waals surface area (Å²) in [6.07, 6.45) is 6.06. The summed E-state index contributed by atoms with van der Waals surface area (Å²) in [7, 11) is 0. The minimum absolute atomic E-state index is 0. The average molecular weight is 523 g/mol. The predicted octanol–water partition coefficient (Wildman–Crippen LogP) is 2.96. The SMILES string of the molecule is C.C[C@@H](O)[C@H](NC(=O)c1ccc(C#Cc2ccc(NC(=O)CNC3CCCCCC3)cc2)cc1)C(=O)NO. The van der Waals surface area contributed by atoms with Crippen LogP contribution in [0.3, 0.4) is 0 Å². The molecule has 1 aliphatic rings. The molecular weight excluding hydrogens is 484 g/mol. The number of hydrogen-bond donors (Lipinski definition) is 6. The fourth-order valence-electron chi connectivity index (χ4n) is 4.11. The maximum Gasteiger partial charge on any atom is 0.268 e. The van der Waals surface area contributed by atoms with Crippen molar-refractivity contribution in [1.82, 2.24) is 16.1 Å². The third-order valence-electron chi connectivity index (χ3n) is 6.24. The lowest BCUT2D eigenvalue weighted by Crippen LogP contribution is -2.51. The van der Waals surface area contributed by atoms with Gasteiger partial charge in [-0.05, 0) is 68.3 Å². The highest BCUT2D eigenvalue weighted by Crippen LogP contribution is 2.17. The molecule has 0 heterocycles. The van der Waals surface area contributed by atoms with Gasteiger partial charge >= 0.3 is 0 Å². The molecule has 0 saturated heterocycles. The lowest BCUT2D eigenvalue weighted by molar-refractivity contribution is -0.133. The van der Waals surface area contributed by atoms with Crippen LogP contribution in [0.2, 0.25) is 0 Å². The molecule has 204 valence electrons. The minimum atomic E-state index is -1.29. The molecule has 9 nitrogen and oxygen atoms in total. The maximum atomic E-state index is 12.4. The Hall–Kier alpha value is -3.71. The van der Waals surface area contributed by atoms with Gasteiger partial charge in [0, 0.05) is 28.4 Å². The fourth-order valence-corrected chi connectivity index (χ4v) is 4.11. The van der Waals surface area contributed by atoms with E-state index in [0.717, 1.165) is 18.4 Å². The second kappa shape index (κ2) is 15.5. The van der Waals surface area contributed by atoms with E-state index < -0.39 is 24.0 Å². The zero-order valence-electron chi connectivity index (χ0n) is 20.9. The van der Waals surface area contributed by atoms with Crippen LogP contribution >= 0.6 is 0 Å². The summed E-state index contributed by atoms with van der Waals surface area (Å²) in [5.74, 6) is 4.51. The molecule has 0 spiro atoms. The Kier molecular flexibility index (Phi) is 12.5. The van der Waals surface area contributed by atoms with E-state index in [9.17, 15) is 19.5 Å². The fraction of sp³-hybridized carbons (Fsp3) is 0.414. The quantitative estimate of drug-likeness (QED) is 0.136. The van der Waals surface area contributed by atoms with E-state index in [4.69, 9.17) is 5.21 Å². The summed E-state index contributed by atoms with van der Waals surface area (Å²) in [4.78, 5) is 36.2. The number of hydrogen-bond acceptors (Lipinski definition) is 6. The van der Waals surface area contributed by atoms with Crippen LogP contribution in [0.4, 0.5) is 5.69 Å². The van der Waals surface area contributed by atoms with Crippen molar-refractivity contribution in [3.8, 4) is 11.8 Å². The molecular formula is C29H38N4O5. The van der Waals surface area contributed by atoms with Gasteiger partial charge in [0.25, 0.3) is 11.8 Å². The molecule has 2 aromatic carbocycles. The van der Waals surface area contributed by atoms with E-state index in [1.54, 1.807) is 24.3 Å². The first kappa shape index (κ1) is 30.5. The summed E-state index contributed by atoms with van der Waals surface area (Å²) >= 11 is 0. The Balaban J connectivity index is 0.00000507. The van der Waals surface area contributed by atoms with E-state index in [1.165, 1.54) is 38.1 Å². The normalized spacial score (nSPS) is 14.9. The minimum Gasteiger partial charge on any atom is -0.391 e. The van der Waals surface area contributed by atoms with Crippen LogP contribution in [0.5, 0.6) is 0 Å². The van der Waals surface area contributed by atoms with Gasteiger partial charge < -0.3 is 21.1 Å². The third kappa shape index (κ3) is 9.63. The van der Waals surface area contributed by atoms with Crippen LogP contribution in [0, 0.1) is 11.8 Å². The van der Waals surface area contributed by atoms with E-state index in [2.05, 4.69) is 27.8 Å². The van der Waals surface area contributed by atoms with E-state index in [1.807, 2.05) is 24.3 Å². The Labute approximate surface area is 224 Å². The van der Waals surface area contributed by atoms with Crippen molar-refractivity contribution in [1.29, 1.82) is 0 Å². The Morgan fingerprint density at radius 2 is 1.47 bits per heavy atom. The van der Waals surface area contributed by atoms with Crippen molar-refractivity contribution in [3.63, 3.8) is 0 Å². The highest BCUT2D eigenvalue weighted by molar-refractivity contribution is 5.97. The lowest BCUT2D eigenvalue weighted by atomic mass is 10.1. The number of amides is 3. The van der Waals surface area contributed by atoms with Gasteiger partial charge in [0.15, 0.2) is 0 Å². The number of aliphatic hydroxyl groups excluding tert-OH is 1. The van der Waals surface area contributed by atoms with Crippen molar-refractivity contribution in [2.45, 2.75) is 71.1 Å². The van der Waals surface area contributed by atoms with Gasteiger partial charge in [0.05, 0.1) is 12.6 Å². The molecule has 3 rings (SSSR count). The first-order valence-corrected chi connectivity index (χ1v) is 12.5. The number of carbonyl (C=O) groups excluding carboxylic acids is 3. The van der Waals surface area contributed by atoms with Crippen LogP contribution in [-0.4, -0.2) is 52.8 Å². The number of nitrogens with one attached hydrogen (secondary N) is 4. The number of aliphatic hydroxyl groups is 1. The lowest BCUT2D eigenvalue weighted by Gasteiger charge is -2.19. The van der Waals surface area contributed by atoms with Crippen LogP contribution in [-0.2, 0) is 9.59 Å². The van der Waals surface area contributed by atoms with Gasteiger partial charge in [-0.15, -0.1) is 0 Å². The van der Waals surface area contributed by atoms with Gasteiger partial charge in [-0.2, -0.15) is 0 Å². The van der Waals surface area contributed by atoms with E-state index in [-0.39, 0.29) is 18.9 Å². The first-order chi connectivity index (χ1) is 17.9. The molecule has 38 heavy (non-hydrogen) atoms. The Morgan fingerprint density at radius 3 is 2.00 bits per heavy atom. The summed E-state index contributed by atoms with van der Waals surface area (Å²) in [6, 6.07) is 12.8. The number of hydroxylamine groups is 1. The number of rotatable bonds is 8. The van der Waals surface area contributed by atoms with Crippen molar-refractivity contribution in [2.75, 3.05) is 11.9 Å². The Bertz CT molecular complexity index is 1110. The van der Waals surface area contributed by atoms with Gasteiger partial charge in [0.1, 0.15) is 6.04 Å². The van der Waals surface area contributed by atoms with Crippen LogP contribution in [0.15, 0.2) is 48.5 Å². The zero-order chi connectivity index (χ0) is 26.6. The molecule has 1 aliphatic carbocycles. The van der Waals surface area contributed by atoms with E-state index >= 15 is 0 Å². The average Bonchev–Trinajstić information content (AvgIpc) is 3.18. The second-order valence-corrected chi connectivity index (χ2v) is 9.19. The molecule has 0 aromatic heterocycles. The molecule has 2 atom stereocenters. The van der Waals surface area contributed by atoms with Crippen LogP contribution < -0.4 is 21.4 Å². The summed E-state index contributed by atoms with van der Waals surface area (Å²) in [5.41, 5.74) is 3.85. The molecule has 9 heteroatoms. The Morgan fingerprint density at radius 1 is 0.921 bits per heavy atom. The molecule has 0 radical (unpaired) electrons. The number of anilines is 1. The second-order valence-electron chi connectivity index (χ2n) is 9.19. The number of benzene rings is 2.